The van der Waals surface area contributed by atoms with Gasteiger partial charge in [-0.05, 0) is 31.2 Å². The molecular weight excluding hydrogens is 184 g/mol. The van der Waals surface area contributed by atoms with E-state index in [2.05, 4.69) is 61.9 Å². The molecule has 0 aromatic carbocycles. The number of hydrogen-bond donors (Lipinski definition) is 2. The topological polar surface area (TPSA) is 31.6 Å². The third kappa shape index (κ3) is 1.99. The zero-order valence-electron chi connectivity index (χ0n) is 9.81. The zero-order chi connectivity index (χ0) is 11.1. The molecule has 2 heteroatoms. The molecule has 0 fully saturated rings. The summed E-state index contributed by atoms with van der Waals surface area (Å²) in [4.78, 5) is 6.78. The van der Waals surface area contributed by atoms with E-state index >= 15 is 0 Å². The van der Waals surface area contributed by atoms with E-state index < -0.39 is 0 Å². The van der Waals surface area contributed by atoms with Crippen molar-refractivity contribution >= 4 is 0 Å². The van der Waals surface area contributed by atoms with Gasteiger partial charge in [-0.25, -0.2) is 0 Å². The fourth-order valence-electron chi connectivity index (χ4n) is 1.65. The summed E-state index contributed by atoms with van der Waals surface area (Å²) < 4.78 is 0. The summed E-state index contributed by atoms with van der Waals surface area (Å²) in [6, 6.07) is 8.48. The van der Waals surface area contributed by atoms with Gasteiger partial charge in [-0.1, -0.05) is 20.8 Å². The predicted octanol–water partition coefficient (Wildman–Crippen LogP) is 3.62. The molecule has 2 heterocycles. The lowest BCUT2D eigenvalue weighted by atomic mass is 9.93. The second-order valence-corrected chi connectivity index (χ2v) is 5.09. The van der Waals surface area contributed by atoms with Crippen molar-refractivity contribution in [2.24, 2.45) is 0 Å². The molecule has 2 N–H and O–H groups in total. The van der Waals surface area contributed by atoms with Gasteiger partial charge in [-0.15, -0.1) is 0 Å². The van der Waals surface area contributed by atoms with E-state index in [-0.39, 0.29) is 5.41 Å². The SMILES string of the molecule is Cc1ccc(-c2ccc(C(C)(C)C)[nH]2)[nH]1. The summed E-state index contributed by atoms with van der Waals surface area (Å²) in [5, 5.41) is 0. The summed E-state index contributed by atoms with van der Waals surface area (Å²) in [6.45, 7) is 8.70. The van der Waals surface area contributed by atoms with Crippen molar-refractivity contribution < 1.29 is 0 Å². The highest BCUT2D eigenvalue weighted by Gasteiger charge is 2.15. The fraction of sp³-hybridized carbons (Fsp3) is 0.385. The molecule has 2 aromatic heterocycles. The van der Waals surface area contributed by atoms with E-state index in [1.165, 1.54) is 11.4 Å². The Morgan fingerprint density at radius 3 is 1.93 bits per heavy atom. The van der Waals surface area contributed by atoms with Crippen molar-refractivity contribution in [3.63, 3.8) is 0 Å². The summed E-state index contributed by atoms with van der Waals surface area (Å²) in [6.07, 6.45) is 0. The molecule has 0 aliphatic heterocycles. The first-order chi connectivity index (χ1) is 6.97. The molecule has 0 aliphatic rings. The van der Waals surface area contributed by atoms with Crippen LogP contribution < -0.4 is 0 Å². The van der Waals surface area contributed by atoms with Crippen LogP contribution in [0.3, 0.4) is 0 Å². The molecule has 0 aliphatic carbocycles. The van der Waals surface area contributed by atoms with Gasteiger partial charge in [-0.2, -0.15) is 0 Å². The summed E-state index contributed by atoms with van der Waals surface area (Å²) in [5.41, 5.74) is 4.96. The molecule has 0 saturated heterocycles. The van der Waals surface area contributed by atoms with E-state index in [1.807, 2.05) is 0 Å². The number of nitrogens with one attached hydrogen (secondary N) is 2. The highest BCUT2D eigenvalue weighted by molar-refractivity contribution is 5.56. The van der Waals surface area contributed by atoms with E-state index in [0.29, 0.717) is 0 Å². The lowest BCUT2D eigenvalue weighted by molar-refractivity contribution is 0.573. The van der Waals surface area contributed by atoms with Gasteiger partial charge in [0, 0.05) is 16.8 Å². The maximum atomic E-state index is 3.45. The van der Waals surface area contributed by atoms with Gasteiger partial charge in [0.05, 0.1) is 11.4 Å². The largest absolute Gasteiger partial charge is 0.357 e. The standard InChI is InChI=1S/C13H18N2/c1-9-5-6-10(14-9)11-7-8-12(15-11)13(2,3)4/h5-8,14-15H,1-4H3. The molecule has 0 unspecified atom stereocenters. The lowest BCUT2D eigenvalue weighted by Crippen LogP contribution is -2.11. The Bertz CT molecular complexity index is 455. The van der Waals surface area contributed by atoms with Gasteiger partial charge in [0.25, 0.3) is 0 Å². The van der Waals surface area contributed by atoms with Crippen LogP contribution >= 0.6 is 0 Å². The number of aromatic nitrogens is 2. The monoisotopic (exact) mass is 202 g/mol. The Hall–Kier alpha value is -1.44. The number of aromatic amines is 2. The predicted molar refractivity (Wildman–Crippen MR) is 64.0 cm³/mol. The van der Waals surface area contributed by atoms with E-state index in [0.717, 1.165) is 11.4 Å². The molecule has 15 heavy (non-hydrogen) atoms. The van der Waals surface area contributed by atoms with E-state index in [1.54, 1.807) is 0 Å². The first-order valence-corrected chi connectivity index (χ1v) is 5.32. The minimum absolute atomic E-state index is 0.180. The third-order valence-corrected chi connectivity index (χ3v) is 2.62. The number of rotatable bonds is 1. The quantitative estimate of drug-likeness (QED) is 0.708. The minimum Gasteiger partial charge on any atom is -0.357 e. The average Bonchev–Trinajstić information content (AvgIpc) is 2.69. The Labute approximate surface area is 90.7 Å². The average molecular weight is 202 g/mol. The molecule has 2 rings (SSSR count). The van der Waals surface area contributed by atoms with Gasteiger partial charge in [-0.3, -0.25) is 0 Å². The molecule has 2 aromatic rings. The summed E-state index contributed by atoms with van der Waals surface area (Å²) in [7, 11) is 0. The first kappa shape index (κ1) is 10.1. The maximum Gasteiger partial charge on any atom is 0.0621 e. The molecule has 0 bridgehead atoms. The van der Waals surface area contributed by atoms with Gasteiger partial charge < -0.3 is 9.97 Å². The van der Waals surface area contributed by atoms with Gasteiger partial charge in [0.1, 0.15) is 0 Å². The van der Waals surface area contributed by atoms with Crippen molar-refractivity contribution in [3.8, 4) is 11.4 Å². The highest BCUT2D eigenvalue weighted by atomic mass is 14.8. The van der Waals surface area contributed by atoms with Crippen molar-refractivity contribution in [1.29, 1.82) is 0 Å². The molecular formula is C13H18N2. The van der Waals surface area contributed by atoms with E-state index in [9.17, 15) is 0 Å². The number of hydrogen-bond acceptors (Lipinski definition) is 0. The van der Waals surface area contributed by atoms with Crippen LogP contribution in [-0.4, -0.2) is 9.97 Å². The van der Waals surface area contributed by atoms with Crippen LogP contribution in [0, 0.1) is 6.92 Å². The smallest absolute Gasteiger partial charge is 0.0621 e. The molecule has 0 amide bonds. The number of H-pyrrole nitrogens is 2. The van der Waals surface area contributed by atoms with Gasteiger partial charge in [0.2, 0.25) is 0 Å². The van der Waals surface area contributed by atoms with Gasteiger partial charge in [0.15, 0.2) is 0 Å². The molecule has 80 valence electrons. The van der Waals surface area contributed by atoms with Crippen LogP contribution in [0.1, 0.15) is 32.2 Å². The summed E-state index contributed by atoms with van der Waals surface area (Å²) in [5.74, 6) is 0. The van der Waals surface area contributed by atoms with Crippen molar-refractivity contribution in [1.82, 2.24) is 9.97 Å². The minimum atomic E-state index is 0.180. The van der Waals surface area contributed by atoms with Crippen LogP contribution in [0.4, 0.5) is 0 Å². The van der Waals surface area contributed by atoms with Crippen molar-refractivity contribution in [2.45, 2.75) is 33.1 Å². The Kier molecular flexibility index (Phi) is 2.22. The van der Waals surface area contributed by atoms with E-state index in [4.69, 9.17) is 0 Å². The zero-order valence-corrected chi connectivity index (χ0v) is 9.81. The normalized spacial score (nSPS) is 12.0. The molecule has 0 spiro atoms. The van der Waals surface area contributed by atoms with Crippen LogP contribution in [0.2, 0.25) is 0 Å². The molecule has 0 radical (unpaired) electrons. The Balaban J connectivity index is 2.36. The highest BCUT2D eigenvalue weighted by Crippen LogP contribution is 2.25. The number of aryl methyl sites for hydroxylation is 1. The fourth-order valence-corrected chi connectivity index (χ4v) is 1.65. The van der Waals surface area contributed by atoms with Crippen LogP contribution in [0.15, 0.2) is 24.3 Å². The van der Waals surface area contributed by atoms with Crippen molar-refractivity contribution in [2.75, 3.05) is 0 Å². The lowest BCUT2D eigenvalue weighted by Gasteiger charge is -2.15. The second-order valence-electron chi connectivity index (χ2n) is 5.09. The van der Waals surface area contributed by atoms with Crippen LogP contribution in [-0.2, 0) is 5.41 Å². The van der Waals surface area contributed by atoms with Gasteiger partial charge >= 0.3 is 0 Å². The molecule has 2 nitrogen and oxygen atoms in total. The van der Waals surface area contributed by atoms with Crippen LogP contribution in [0.5, 0.6) is 0 Å². The third-order valence-electron chi connectivity index (χ3n) is 2.62. The Morgan fingerprint density at radius 1 is 0.867 bits per heavy atom. The van der Waals surface area contributed by atoms with Crippen molar-refractivity contribution in [3.05, 3.63) is 35.7 Å². The first-order valence-electron chi connectivity index (χ1n) is 5.32. The maximum absolute atomic E-state index is 3.45. The molecule has 0 atom stereocenters. The Morgan fingerprint density at radius 2 is 1.47 bits per heavy atom. The second kappa shape index (κ2) is 3.30. The molecule has 0 saturated carbocycles. The van der Waals surface area contributed by atoms with Crippen LogP contribution in [0.25, 0.3) is 11.4 Å². The summed E-state index contributed by atoms with van der Waals surface area (Å²) >= 11 is 0.